The topological polar surface area (TPSA) is 35.5 Å². The number of hydrogen-bond acceptors (Lipinski definition) is 3. The van der Waals surface area contributed by atoms with Gasteiger partial charge in [0.2, 0.25) is 0 Å². The van der Waals surface area contributed by atoms with Gasteiger partial charge in [0.1, 0.15) is 11.9 Å². The zero-order chi connectivity index (χ0) is 12.4. The summed E-state index contributed by atoms with van der Waals surface area (Å²) in [5, 5.41) is 0. The van der Waals surface area contributed by atoms with Gasteiger partial charge >= 0.3 is 0 Å². The lowest BCUT2D eigenvalue weighted by molar-refractivity contribution is -0.154. The third kappa shape index (κ3) is 2.34. The van der Waals surface area contributed by atoms with E-state index in [9.17, 15) is 4.79 Å². The Bertz CT molecular complexity index is 425. The number of Topliss-reactive ketones (excluding diaryl/α,β-unsaturated/α-hetero) is 1. The van der Waals surface area contributed by atoms with E-state index >= 15 is 0 Å². The normalized spacial score (nSPS) is 23.4. The van der Waals surface area contributed by atoms with E-state index < -0.39 is 0 Å². The number of aryl methyl sites for hydroxylation is 1. The first-order valence-electron chi connectivity index (χ1n) is 6.00. The van der Waals surface area contributed by atoms with Crippen LogP contribution in [0.5, 0.6) is 5.75 Å². The molecule has 2 unspecified atom stereocenters. The SMILES string of the molecule is CCOC1C(=O)CC1Oc1cccc(C)c1C. The Morgan fingerprint density at radius 2 is 2.12 bits per heavy atom. The van der Waals surface area contributed by atoms with Crippen molar-refractivity contribution in [3.63, 3.8) is 0 Å². The van der Waals surface area contributed by atoms with E-state index in [4.69, 9.17) is 9.47 Å². The van der Waals surface area contributed by atoms with Gasteiger partial charge in [-0.25, -0.2) is 0 Å². The van der Waals surface area contributed by atoms with Crippen LogP contribution in [0.2, 0.25) is 0 Å². The van der Waals surface area contributed by atoms with E-state index in [1.54, 1.807) is 0 Å². The average molecular weight is 234 g/mol. The zero-order valence-electron chi connectivity index (χ0n) is 10.5. The fraction of sp³-hybridized carbons (Fsp3) is 0.500. The summed E-state index contributed by atoms with van der Waals surface area (Å²) in [7, 11) is 0. The fourth-order valence-electron chi connectivity index (χ4n) is 1.97. The van der Waals surface area contributed by atoms with Crippen LogP contribution in [0.1, 0.15) is 24.5 Å². The molecule has 0 saturated heterocycles. The van der Waals surface area contributed by atoms with Crippen molar-refractivity contribution in [3.8, 4) is 5.75 Å². The zero-order valence-corrected chi connectivity index (χ0v) is 10.5. The average Bonchev–Trinajstić information content (AvgIpc) is 2.31. The Morgan fingerprint density at radius 1 is 1.35 bits per heavy atom. The number of benzene rings is 1. The summed E-state index contributed by atoms with van der Waals surface area (Å²) >= 11 is 0. The molecular formula is C14H18O3. The number of hydrogen-bond donors (Lipinski definition) is 0. The molecule has 1 aromatic carbocycles. The molecule has 0 amide bonds. The van der Waals surface area contributed by atoms with Crippen LogP contribution in [0.4, 0.5) is 0 Å². The lowest BCUT2D eigenvalue weighted by atomic mass is 9.89. The Kier molecular flexibility index (Phi) is 3.48. The Morgan fingerprint density at radius 3 is 2.76 bits per heavy atom. The van der Waals surface area contributed by atoms with Gasteiger partial charge in [-0.05, 0) is 38.0 Å². The van der Waals surface area contributed by atoms with Gasteiger partial charge in [-0.1, -0.05) is 12.1 Å². The van der Waals surface area contributed by atoms with Crippen LogP contribution in [0.3, 0.4) is 0 Å². The van der Waals surface area contributed by atoms with E-state index in [0.717, 1.165) is 11.3 Å². The Balaban J connectivity index is 2.06. The van der Waals surface area contributed by atoms with E-state index in [2.05, 4.69) is 0 Å². The Labute approximate surface area is 102 Å². The molecule has 3 nitrogen and oxygen atoms in total. The maximum absolute atomic E-state index is 11.4. The summed E-state index contributed by atoms with van der Waals surface area (Å²) < 4.78 is 11.2. The second-order valence-corrected chi connectivity index (χ2v) is 4.40. The van der Waals surface area contributed by atoms with Crippen molar-refractivity contribution < 1.29 is 14.3 Å². The second-order valence-electron chi connectivity index (χ2n) is 4.40. The molecule has 2 rings (SSSR count). The quantitative estimate of drug-likeness (QED) is 0.802. The number of carbonyl (C=O) groups excluding carboxylic acids is 1. The second kappa shape index (κ2) is 4.88. The molecule has 1 saturated carbocycles. The third-order valence-electron chi connectivity index (χ3n) is 3.24. The predicted molar refractivity (Wildman–Crippen MR) is 65.4 cm³/mol. The number of carbonyl (C=O) groups is 1. The van der Waals surface area contributed by atoms with Crippen molar-refractivity contribution in [2.45, 2.75) is 39.4 Å². The van der Waals surface area contributed by atoms with Gasteiger partial charge in [0.25, 0.3) is 0 Å². The van der Waals surface area contributed by atoms with E-state index in [1.165, 1.54) is 5.56 Å². The molecule has 0 spiro atoms. The van der Waals surface area contributed by atoms with Gasteiger partial charge in [-0.15, -0.1) is 0 Å². The molecule has 1 aliphatic rings. The highest BCUT2D eigenvalue weighted by molar-refractivity contribution is 5.90. The summed E-state index contributed by atoms with van der Waals surface area (Å²) in [6, 6.07) is 5.95. The Hall–Kier alpha value is -1.35. The first kappa shape index (κ1) is 12.1. The highest BCUT2D eigenvalue weighted by Gasteiger charge is 2.42. The molecule has 1 aromatic rings. The van der Waals surface area contributed by atoms with Gasteiger partial charge in [0, 0.05) is 13.0 Å². The molecule has 0 N–H and O–H groups in total. The number of rotatable bonds is 4. The van der Waals surface area contributed by atoms with Crippen molar-refractivity contribution in [1.29, 1.82) is 0 Å². The van der Waals surface area contributed by atoms with Crippen LogP contribution in [0, 0.1) is 13.8 Å². The highest BCUT2D eigenvalue weighted by atomic mass is 16.5. The minimum absolute atomic E-state index is 0.122. The van der Waals surface area contributed by atoms with Gasteiger partial charge in [-0.3, -0.25) is 4.79 Å². The first-order chi connectivity index (χ1) is 8.13. The van der Waals surface area contributed by atoms with Gasteiger partial charge in [0.05, 0.1) is 0 Å². The molecule has 92 valence electrons. The number of ether oxygens (including phenoxy) is 2. The van der Waals surface area contributed by atoms with Crippen LogP contribution in [0.25, 0.3) is 0 Å². The first-order valence-corrected chi connectivity index (χ1v) is 6.00. The van der Waals surface area contributed by atoms with Crippen molar-refractivity contribution >= 4 is 5.78 Å². The van der Waals surface area contributed by atoms with Crippen LogP contribution in [-0.2, 0) is 9.53 Å². The maximum atomic E-state index is 11.4. The minimum Gasteiger partial charge on any atom is -0.486 e. The summed E-state index contributed by atoms with van der Waals surface area (Å²) in [6.45, 7) is 6.51. The van der Waals surface area contributed by atoms with Crippen LogP contribution in [-0.4, -0.2) is 24.6 Å². The molecule has 0 radical (unpaired) electrons. The summed E-state index contributed by atoms with van der Waals surface area (Å²) in [6.07, 6.45) is -0.0410. The fourth-order valence-corrected chi connectivity index (χ4v) is 1.97. The third-order valence-corrected chi connectivity index (χ3v) is 3.24. The summed E-state index contributed by atoms with van der Waals surface area (Å²) in [5.41, 5.74) is 2.32. The lowest BCUT2D eigenvalue weighted by Gasteiger charge is -2.34. The van der Waals surface area contributed by atoms with Gasteiger partial charge in [-0.2, -0.15) is 0 Å². The van der Waals surface area contributed by atoms with Gasteiger partial charge in [0.15, 0.2) is 11.9 Å². The molecule has 0 aromatic heterocycles. The van der Waals surface area contributed by atoms with Crippen LogP contribution < -0.4 is 4.74 Å². The molecule has 0 bridgehead atoms. The lowest BCUT2D eigenvalue weighted by Crippen LogP contribution is -2.52. The van der Waals surface area contributed by atoms with E-state index in [1.807, 2.05) is 39.0 Å². The van der Waals surface area contributed by atoms with Crippen LogP contribution in [0.15, 0.2) is 18.2 Å². The van der Waals surface area contributed by atoms with Crippen molar-refractivity contribution in [2.24, 2.45) is 0 Å². The van der Waals surface area contributed by atoms with E-state index in [-0.39, 0.29) is 18.0 Å². The monoisotopic (exact) mass is 234 g/mol. The molecule has 2 atom stereocenters. The molecule has 1 fully saturated rings. The highest BCUT2D eigenvalue weighted by Crippen LogP contribution is 2.28. The largest absolute Gasteiger partial charge is 0.486 e. The summed E-state index contributed by atoms with van der Waals surface area (Å²) in [4.78, 5) is 11.4. The molecule has 1 aliphatic carbocycles. The molecule has 0 aliphatic heterocycles. The molecule has 17 heavy (non-hydrogen) atoms. The molecular weight excluding hydrogens is 216 g/mol. The van der Waals surface area contributed by atoms with Crippen LogP contribution >= 0.6 is 0 Å². The molecule has 0 heterocycles. The van der Waals surface area contributed by atoms with Crippen molar-refractivity contribution in [3.05, 3.63) is 29.3 Å². The van der Waals surface area contributed by atoms with E-state index in [0.29, 0.717) is 13.0 Å². The predicted octanol–water partition coefficient (Wildman–Crippen LogP) is 2.43. The smallest absolute Gasteiger partial charge is 0.169 e. The molecule has 3 heteroatoms. The summed E-state index contributed by atoms with van der Waals surface area (Å²) in [5.74, 6) is 0.995. The maximum Gasteiger partial charge on any atom is 0.169 e. The number of ketones is 1. The van der Waals surface area contributed by atoms with Crippen molar-refractivity contribution in [1.82, 2.24) is 0 Å². The van der Waals surface area contributed by atoms with Gasteiger partial charge < -0.3 is 9.47 Å². The standard InChI is InChI=1S/C14H18O3/c1-4-16-14-11(15)8-13(14)17-12-7-5-6-9(2)10(12)3/h5-7,13-14H,4,8H2,1-3H3. The van der Waals surface area contributed by atoms with Crippen molar-refractivity contribution in [2.75, 3.05) is 6.61 Å². The minimum atomic E-state index is -0.375.